The molecule has 5 aliphatic heterocycles. The lowest BCUT2D eigenvalue weighted by Gasteiger charge is -2.39. The quantitative estimate of drug-likeness (QED) is 0.137. The zero-order valence-corrected chi connectivity index (χ0v) is 41.0. The maximum absolute atomic E-state index is 14.2. The Morgan fingerprint density at radius 2 is 1.51 bits per heavy atom. The number of carboxylic acid groups (broad SMARTS) is 1. The van der Waals surface area contributed by atoms with Gasteiger partial charge in [-0.25, -0.2) is 4.58 Å². The van der Waals surface area contributed by atoms with Crippen LogP contribution in [0.2, 0.25) is 5.02 Å². The van der Waals surface area contributed by atoms with Gasteiger partial charge in [0.25, 0.3) is 11.8 Å². The second-order valence-corrected chi connectivity index (χ2v) is 20.0. The lowest BCUT2D eigenvalue weighted by Crippen LogP contribution is -2.45. The number of aryl methyl sites for hydroxylation is 2. The number of carbonyl (C=O) groups excluding carboxylic acids is 4. The minimum Gasteiger partial charge on any atom is -0.545 e. The number of hydrogen-bond donors (Lipinski definition) is 2. The van der Waals surface area contributed by atoms with Gasteiger partial charge in [-0.05, 0) is 147 Å². The summed E-state index contributed by atoms with van der Waals surface area (Å²) in [5.74, 6) is 0.0205. The summed E-state index contributed by atoms with van der Waals surface area (Å²) < 4.78 is 16.8. The van der Waals surface area contributed by atoms with Crippen LogP contribution in [-0.2, 0) is 43.4 Å². The number of anilines is 2. The summed E-state index contributed by atoms with van der Waals surface area (Å²) in [5, 5.41) is 22.6. The summed E-state index contributed by atoms with van der Waals surface area (Å²) in [6.07, 6.45) is 7.71. The highest BCUT2D eigenvalue weighted by molar-refractivity contribution is 6.30. The Hall–Kier alpha value is -7.70. The molecule has 0 spiro atoms. The summed E-state index contributed by atoms with van der Waals surface area (Å²) in [6.45, 7) is 6.04. The van der Waals surface area contributed by atoms with Crippen molar-refractivity contribution in [2.24, 2.45) is 0 Å². The maximum atomic E-state index is 14.2. The first-order chi connectivity index (χ1) is 35.0. The number of halogens is 1. The monoisotopic (exact) mass is 977 g/mol. The van der Waals surface area contributed by atoms with E-state index in [0.29, 0.717) is 49.9 Å². The number of ether oxygens (including phenoxy) is 2. The fourth-order valence-electron chi connectivity index (χ4n) is 12.0. The van der Waals surface area contributed by atoms with Gasteiger partial charge in [0.1, 0.15) is 30.3 Å². The molecule has 2 N–H and O–H groups in total. The van der Waals surface area contributed by atoms with Crippen LogP contribution in [0.25, 0.3) is 16.5 Å². The molecule has 6 heterocycles. The van der Waals surface area contributed by atoms with E-state index >= 15 is 0 Å². The number of fused-ring (bicyclic) bond motifs is 5. The van der Waals surface area contributed by atoms with Crippen LogP contribution in [-0.4, -0.2) is 61.5 Å². The molecule has 72 heavy (non-hydrogen) atoms. The highest BCUT2D eigenvalue weighted by atomic mass is 35.5. The molecule has 2 amide bonds. The SMILES string of the molecule is COc1ccc2c(c1)c(CC(=O)Nc1ccc(CNC(=O)c3ccc(C(=O)[O-])c(C4=c5cc6c7c(c5Oc5c4cc4c8c5CCCN8CCC4)CCC[N+]=7CCC6)c3)cc1)c(C)n2C(=O)c1ccc(Cl)cc1. The van der Waals surface area contributed by atoms with Gasteiger partial charge in [-0.1, -0.05) is 29.8 Å². The molecule has 0 atom stereocenters. The van der Waals surface area contributed by atoms with Gasteiger partial charge in [-0.2, -0.15) is 0 Å². The first-order valence-electron chi connectivity index (χ1n) is 25.0. The number of carbonyl (C=O) groups is 4. The Morgan fingerprint density at radius 3 is 2.29 bits per heavy atom. The number of amides is 2. The van der Waals surface area contributed by atoms with Crippen molar-refractivity contribution in [2.45, 2.75) is 71.3 Å². The van der Waals surface area contributed by atoms with E-state index in [0.717, 1.165) is 116 Å². The molecule has 0 saturated heterocycles. The molecule has 0 bridgehead atoms. The number of rotatable bonds is 10. The van der Waals surface area contributed by atoms with Crippen molar-refractivity contribution in [3.8, 4) is 17.2 Å². The highest BCUT2D eigenvalue weighted by Gasteiger charge is 2.36. The van der Waals surface area contributed by atoms with E-state index in [4.69, 9.17) is 21.1 Å². The van der Waals surface area contributed by atoms with Gasteiger partial charge < -0.3 is 34.9 Å². The van der Waals surface area contributed by atoms with E-state index < -0.39 is 5.97 Å². The molecule has 7 aromatic rings. The second kappa shape index (κ2) is 18.2. The van der Waals surface area contributed by atoms with Crippen LogP contribution in [0.3, 0.4) is 0 Å². The maximum Gasteiger partial charge on any atom is 0.262 e. The molecular formula is C59H52ClN5O7. The summed E-state index contributed by atoms with van der Waals surface area (Å²) >= 11 is 6.11. The highest BCUT2D eigenvalue weighted by Crippen LogP contribution is 2.49. The van der Waals surface area contributed by atoms with E-state index in [1.807, 2.05) is 31.2 Å². The number of aromatic carboxylic acids is 1. The van der Waals surface area contributed by atoms with Gasteiger partial charge in [-0.15, -0.1) is 0 Å². The first kappa shape index (κ1) is 45.4. The molecule has 362 valence electrons. The summed E-state index contributed by atoms with van der Waals surface area (Å²) in [4.78, 5) is 57.3. The van der Waals surface area contributed by atoms with Gasteiger partial charge in [-0.3, -0.25) is 19.0 Å². The van der Waals surface area contributed by atoms with Gasteiger partial charge in [0.05, 0.1) is 30.6 Å². The van der Waals surface area contributed by atoms with E-state index in [1.165, 1.54) is 39.4 Å². The van der Waals surface area contributed by atoms with Crippen LogP contribution < -0.4 is 45.3 Å². The summed E-state index contributed by atoms with van der Waals surface area (Å²) in [6, 6.07) is 28.6. The molecule has 5 aliphatic rings. The number of hydrogen-bond acceptors (Lipinski definition) is 8. The van der Waals surface area contributed by atoms with E-state index in [2.05, 4.69) is 32.2 Å². The number of benzene rings is 6. The predicted octanol–water partition coefficient (Wildman–Crippen LogP) is 7.21. The van der Waals surface area contributed by atoms with Crippen LogP contribution in [0.5, 0.6) is 17.2 Å². The standard InChI is InChI=1S/C59H52ClN5O7/c1-33-45(46-30-41(71-2)20-22-50(46)65(33)58(68)35-13-16-39(60)17-14-35)31-51(66)62-40-18-11-34(12-19-40)32-61-57(67)38-15-21-42(59(69)70)47(29-38)52-48-27-36-7-3-23-63-25-5-9-43(53(36)63)55(48)72-56-44-10-6-26-64-24-4-8-37(54(44)64)28-49(52)56/h11-22,27-30H,3-10,23-26,31-32H2,1-2H3,(H2-,61,62,66,67,69,70). The Morgan fingerprint density at radius 1 is 0.778 bits per heavy atom. The molecule has 0 fully saturated rings. The molecule has 13 heteroatoms. The third kappa shape index (κ3) is 7.79. The molecule has 1 aromatic heterocycles. The summed E-state index contributed by atoms with van der Waals surface area (Å²) in [7, 11) is 1.57. The molecule has 0 radical (unpaired) electrons. The molecule has 12 nitrogen and oxygen atoms in total. The zero-order valence-electron chi connectivity index (χ0n) is 40.2. The van der Waals surface area contributed by atoms with E-state index in [-0.39, 0.29) is 36.3 Å². The lowest BCUT2D eigenvalue weighted by molar-refractivity contribution is -0.255. The minimum absolute atomic E-state index is 0.000194. The van der Waals surface area contributed by atoms with E-state index in [9.17, 15) is 24.3 Å². The fourth-order valence-corrected chi connectivity index (χ4v) is 12.2. The van der Waals surface area contributed by atoms with Gasteiger partial charge in [0.15, 0.2) is 0 Å². The average molecular weight is 979 g/mol. The Balaban J connectivity index is 0.826. The molecule has 6 aromatic carbocycles. The smallest absolute Gasteiger partial charge is 0.262 e. The van der Waals surface area contributed by atoms with Gasteiger partial charge in [0.2, 0.25) is 11.3 Å². The van der Waals surface area contributed by atoms with Gasteiger partial charge >= 0.3 is 0 Å². The zero-order chi connectivity index (χ0) is 49.4. The van der Waals surface area contributed by atoms with Crippen molar-refractivity contribution in [1.82, 2.24) is 14.5 Å². The number of carboxylic acids is 1. The molecule has 0 unspecified atom stereocenters. The first-order valence-corrected chi connectivity index (χ1v) is 25.3. The van der Waals surface area contributed by atoms with Crippen molar-refractivity contribution in [2.75, 3.05) is 43.5 Å². The average Bonchev–Trinajstić information content (AvgIpc) is 3.66. The fraction of sp³-hybridized carbons (Fsp3) is 0.271. The predicted molar refractivity (Wildman–Crippen MR) is 275 cm³/mol. The molecule has 0 saturated carbocycles. The van der Waals surface area contributed by atoms with Crippen molar-refractivity contribution in [1.29, 1.82) is 0 Å². The molecule has 0 aliphatic carbocycles. The summed E-state index contributed by atoms with van der Waals surface area (Å²) in [5.41, 5.74) is 12.4. The minimum atomic E-state index is -1.31. The van der Waals surface area contributed by atoms with Crippen molar-refractivity contribution < 1.29 is 33.8 Å². The van der Waals surface area contributed by atoms with Crippen LogP contribution in [0.15, 0.2) is 97.1 Å². The van der Waals surface area contributed by atoms with Crippen molar-refractivity contribution >= 4 is 63.1 Å². The second-order valence-electron chi connectivity index (χ2n) is 19.6. The number of nitrogens with one attached hydrogen (secondary N) is 2. The van der Waals surface area contributed by atoms with Crippen LogP contribution >= 0.6 is 11.6 Å². The van der Waals surface area contributed by atoms with E-state index in [1.54, 1.807) is 66.3 Å². The normalized spacial score (nSPS) is 15.2. The number of methoxy groups -OCH3 is 1. The Kier molecular flexibility index (Phi) is 11.5. The largest absolute Gasteiger partial charge is 0.545 e. The van der Waals surface area contributed by atoms with Crippen LogP contribution in [0.4, 0.5) is 11.4 Å². The number of nitrogens with zero attached hydrogens (tertiary/aromatic N) is 3. The Bertz CT molecular complexity index is 3610. The Labute approximate surface area is 421 Å². The lowest BCUT2D eigenvalue weighted by atomic mass is 9.81. The topological polar surface area (TPSA) is 145 Å². The van der Waals surface area contributed by atoms with Crippen LogP contribution in [0, 0.1) is 6.92 Å². The number of aromatic nitrogens is 1. The molecule has 12 rings (SSSR count). The van der Waals surface area contributed by atoms with Crippen LogP contribution in [0.1, 0.15) is 107 Å². The van der Waals surface area contributed by atoms with Gasteiger partial charge in [0, 0.05) is 104 Å². The third-order valence-corrected chi connectivity index (χ3v) is 15.6. The van der Waals surface area contributed by atoms with Crippen molar-refractivity contribution in [3.05, 3.63) is 180 Å². The van der Waals surface area contributed by atoms with Crippen molar-refractivity contribution in [3.63, 3.8) is 0 Å². The molecular weight excluding hydrogens is 926 g/mol. The third-order valence-electron chi connectivity index (χ3n) is 15.3.